The zero-order valence-corrected chi connectivity index (χ0v) is 36.7. The highest BCUT2D eigenvalue weighted by Gasteiger charge is 2.37. The van der Waals surface area contributed by atoms with Crippen LogP contribution in [0.1, 0.15) is 98.8 Å². The molecule has 356 valence electrons. The number of nitrogens with two attached hydrogens (primary N) is 3. The van der Waals surface area contributed by atoms with Gasteiger partial charge in [-0.05, 0) is 76.7 Å². The first-order chi connectivity index (χ1) is 29.5. The second kappa shape index (κ2) is 27.9. The first-order valence-corrected chi connectivity index (χ1v) is 21.0. The highest BCUT2D eigenvalue weighted by atomic mass is 16.4. The first-order valence-electron chi connectivity index (χ1n) is 21.0. The Labute approximate surface area is 366 Å². The van der Waals surface area contributed by atoms with E-state index in [0.29, 0.717) is 25.8 Å². The van der Waals surface area contributed by atoms with Crippen LogP contribution in [0, 0.1) is 11.8 Å². The van der Waals surface area contributed by atoms with Gasteiger partial charge in [-0.2, -0.15) is 0 Å². The summed E-state index contributed by atoms with van der Waals surface area (Å²) in [5.74, 6) is -10.5. The predicted octanol–water partition coefficient (Wildman–Crippen LogP) is -3.97. The molecule has 63 heavy (non-hydrogen) atoms. The molecule has 1 heterocycles. The zero-order valence-electron chi connectivity index (χ0n) is 36.7. The van der Waals surface area contributed by atoms with Crippen LogP contribution in [0.4, 0.5) is 0 Å². The Morgan fingerprint density at radius 2 is 1.19 bits per heavy atom. The summed E-state index contributed by atoms with van der Waals surface area (Å²) < 4.78 is 0. The fourth-order valence-corrected chi connectivity index (χ4v) is 6.57. The van der Waals surface area contributed by atoms with Gasteiger partial charge in [-0.25, -0.2) is 4.79 Å². The molecule has 1 aliphatic heterocycles. The average molecular weight is 898 g/mol. The molecule has 24 heteroatoms. The lowest BCUT2D eigenvalue weighted by Crippen LogP contribution is -2.59. The molecule has 1 fully saturated rings. The van der Waals surface area contributed by atoms with Crippen LogP contribution in [-0.4, -0.2) is 149 Å². The van der Waals surface area contributed by atoms with Crippen LogP contribution in [0.5, 0.6) is 0 Å². The van der Waals surface area contributed by atoms with Crippen molar-refractivity contribution in [1.29, 1.82) is 0 Å². The third kappa shape index (κ3) is 20.7. The summed E-state index contributed by atoms with van der Waals surface area (Å²) in [5.41, 5.74) is 16.0. The minimum atomic E-state index is -1.77. The van der Waals surface area contributed by atoms with Gasteiger partial charge in [-0.1, -0.05) is 27.7 Å². The summed E-state index contributed by atoms with van der Waals surface area (Å²) in [4.78, 5) is 141. The molecule has 0 bridgehead atoms. The number of carbonyl (C=O) groups excluding carboxylic acids is 9. The van der Waals surface area contributed by atoms with Crippen LogP contribution in [0.25, 0.3) is 0 Å². The molecular formula is C39H67N11O13. The monoisotopic (exact) mass is 897 g/mol. The average Bonchev–Trinajstić information content (AvgIpc) is 3.70. The topological polar surface area (TPSA) is 394 Å². The molecule has 1 rings (SSSR count). The molecule has 0 radical (unpaired) electrons. The number of hydrogen-bond donors (Lipinski definition) is 12. The van der Waals surface area contributed by atoms with Crippen LogP contribution in [-0.2, 0) is 52.7 Å². The highest BCUT2D eigenvalue weighted by molar-refractivity contribution is 5.98. The number of aliphatic carboxylic acids is 2. The van der Waals surface area contributed by atoms with Gasteiger partial charge in [-0.3, -0.25) is 47.9 Å². The van der Waals surface area contributed by atoms with Crippen LogP contribution in [0.3, 0.4) is 0 Å². The molecule has 9 amide bonds. The van der Waals surface area contributed by atoms with E-state index in [0.717, 1.165) is 0 Å². The van der Waals surface area contributed by atoms with E-state index in [9.17, 15) is 63.0 Å². The smallest absolute Gasteiger partial charge is 0.326 e. The molecule has 0 spiro atoms. The van der Waals surface area contributed by atoms with Gasteiger partial charge >= 0.3 is 11.9 Å². The highest BCUT2D eigenvalue weighted by Crippen LogP contribution is 2.18. The van der Waals surface area contributed by atoms with Crippen LogP contribution in [0.15, 0.2) is 0 Å². The Morgan fingerprint density at radius 1 is 0.651 bits per heavy atom. The van der Waals surface area contributed by atoms with E-state index in [2.05, 4.69) is 37.2 Å². The molecule has 0 unspecified atom stereocenters. The van der Waals surface area contributed by atoms with Crippen LogP contribution < -0.4 is 54.4 Å². The summed E-state index contributed by atoms with van der Waals surface area (Å²) in [6.07, 6.45) is 0.452. The minimum absolute atomic E-state index is 0.00354. The summed E-state index contributed by atoms with van der Waals surface area (Å²) >= 11 is 0. The number of carboxylic acids is 2. The third-order valence-electron chi connectivity index (χ3n) is 9.81. The van der Waals surface area contributed by atoms with Crippen molar-refractivity contribution in [2.75, 3.05) is 26.2 Å². The lowest BCUT2D eigenvalue weighted by atomic mass is 9.99. The van der Waals surface area contributed by atoms with Gasteiger partial charge in [0.2, 0.25) is 53.2 Å². The molecule has 15 N–H and O–H groups in total. The second-order valence-electron chi connectivity index (χ2n) is 16.2. The van der Waals surface area contributed by atoms with Crippen LogP contribution in [0.2, 0.25) is 0 Å². The van der Waals surface area contributed by atoms with E-state index in [1.165, 1.54) is 11.8 Å². The van der Waals surface area contributed by atoms with E-state index >= 15 is 0 Å². The number of unbranched alkanes of at least 4 members (excludes halogenated alkanes) is 1. The van der Waals surface area contributed by atoms with Crippen molar-refractivity contribution in [3.63, 3.8) is 0 Å². The molecule has 24 nitrogen and oxygen atoms in total. The normalized spacial score (nSPS) is 16.3. The number of carboxylic acid groups (broad SMARTS) is 2. The summed E-state index contributed by atoms with van der Waals surface area (Å²) in [6, 6.07) is -9.12. The lowest BCUT2D eigenvalue weighted by Gasteiger charge is -2.28. The van der Waals surface area contributed by atoms with E-state index in [1.807, 2.05) is 0 Å². The zero-order chi connectivity index (χ0) is 48.0. The molecule has 0 aromatic heterocycles. The third-order valence-corrected chi connectivity index (χ3v) is 9.81. The van der Waals surface area contributed by atoms with Crippen molar-refractivity contribution >= 4 is 65.1 Å². The first kappa shape index (κ1) is 55.1. The molecule has 7 atom stereocenters. The molecule has 0 aliphatic carbocycles. The Balaban J connectivity index is 3.06. The van der Waals surface area contributed by atoms with Gasteiger partial charge in [0.25, 0.3) is 0 Å². The second-order valence-corrected chi connectivity index (χ2v) is 16.2. The number of carbonyl (C=O) groups is 11. The van der Waals surface area contributed by atoms with Gasteiger partial charge in [0.1, 0.15) is 42.3 Å². The van der Waals surface area contributed by atoms with Crippen molar-refractivity contribution < 1.29 is 63.0 Å². The maximum atomic E-state index is 13.7. The predicted molar refractivity (Wildman–Crippen MR) is 224 cm³/mol. The van der Waals surface area contributed by atoms with Gasteiger partial charge in [0.15, 0.2) is 0 Å². The van der Waals surface area contributed by atoms with Crippen molar-refractivity contribution in [1.82, 2.24) is 42.1 Å². The molecule has 1 saturated heterocycles. The van der Waals surface area contributed by atoms with E-state index in [1.54, 1.807) is 27.7 Å². The largest absolute Gasteiger partial charge is 0.481 e. The Bertz CT molecular complexity index is 1640. The molecule has 0 aromatic rings. The molecule has 0 saturated carbocycles. The number of primary amides is 1. The Kier molecular flexibility index (Phi) is 24.4. The summed E-state index contributed by atoms with van der Waals surface area (Å²) in [5, 5.41) is 36.0. The fraction of sp³-hybridized carbons (Fsp3) is 0.718. The van der Waals surface area contributed by atoms with Crippen molar-refractivity contribution in [3.8, 4) is 0 Å². The number of amides is 9. The van der Waals surface area contributed by atoms with Crippen molar-refractivity contribution in [2.45, 2.75) is 141 Å². The van der Waals surface area contributed by atoms with E-state index < -0.39 is 127 Å². The molecule has 1 aliphatic rings. The number of rotatable bonds is 29. The van der Waals surface area contributed by atoms with Crippen LogP contribution >= 0.6 is 0 Å². The van der Waals surface area contributed by atoms with E-state index in [-0.39, 0.29) is 56.9 Å². The number of nitrogens with one attached hydrogen (secondary N) is 7. The fourth-order valence-electron chi connectivity index (χ4n) is 6.57. The quantitative estimate of drug-likeness (QED) is 0.0319. The Morgan fingerprint density at radius 3 is 1.70 bits per heavy atom. The molecule has 0 aromatic carbocycles. The van der Waals surface area contributed by atoms with Gasteiger partial charge in [0, 0.05) is 13.0 Å². The molecular weight excluding hydrogens is 830 g/mol. The summed E-state index contributed by atoms with van der Waals surface area (Å²) in [7, 11) is 0. The number of likely N-dealkylation sites (tertiary alicyclic amines) is 1. The van der Waals surface area contributed by atoms with Gasteiger partial charge in [-0.15, -0.1) is 0 Å². The van der Waals surface area contributed by atoms with Crippen molar-refractivity contribution in [3.05, 3.63) is 0 Å². The number of hydrogen-bond acceptors (Lipinski definition) is 13. The lowest BCUT2D eigenvalue weighted by molar-refractivity contribution is -0.144. The van der Waals surface area contributed by atoms with Gasteiger partial charge < -0.3 is 69.5 Å². The maximum absolute atomic E-state index is 13.7. The SMILES string of the molecule is CC(C)C[C@H](NC(=O)[C@H](CC(C)C)NC(=O)[C@H](CC(=O)O)NC(=O)[C@H](CCC(N)=O)NC(=O)CN)C(=O)N[C@@H](C)C(=O)NCC(=O)N1CCC[C@H]1C(=O)N[C@@H](CCCCN)C(=O)O. The number of nitrogens with zero attached hydrogens (tertiary/aromatic N) is 1. The minimum Gasteiger partial charge on any atom is -0.481 e. The van der Waals surface area contributed by atoms with Gasteiger partial charge in [0.05, 0.1) is 19.5 Å². The summed E-state index contributed by atoms with van der Waals surface area (Å²) in [6.45, 7) is 7.84. The standard InChI is InChI=1S/C39H67N11O13/c1-20(2)15-25(35(58)44-22(5)33(56)43-19-31(53)50-14-8-10-28(50)38(61)46-24(39(62)63)9-6-7-13-40)47-36(59)26(16-21(3)4)48-37(60)27(17-32(54)55)49-34(57)23(11-12-29(42)51)45-30(52)18-41/h20-28H,6-19,40-41H2,1-5H3,(H2,42,51)(H,43,56)(H,44,58)(H,45,52)(H,46,61)(H,47,59)(H,48,60)(H,49,57)(H,54,55)(H,62,63)/t22-,23-,24-,25-,26-,27-,28-/m0/s1. The van der Waals surface area contributed by atoms with E-state index in [4.69, 9.17) is 17.2 Å². The Hall–Kier alpha value is -5.91. The van der Waals surface area contributed by atoms with Crippen molar-refractivity contribution in [2.24, 2.45) is 29.0 Å². The maximum Gasteiger partial charge on any atom is 0.326 e.